The van der Waals surface area contributed by atoms with E-state index < -0.39 is 23.7 Å². The van der Waals surface area contributed by atoms with E-state index in [4.69, 9.17) is 4.74 Å². The molecule has 1 saturated carbocycles. The standard InChI is InChI=1S/C15H19NO4/c1-15(8-5-9-15)20-14(19)16-12(13(17)18)10-11-6-3-2-4-7-11/h2-4,6-7,12H,5,8-10H2,1H3,(H,16,19)(H,17,18). The zero-order valence-electron chi connectivity index (χ0n) is 11.5. The van der Waals surface area contributed by atoms with Gasteiger partial charge in [0.05, 0.1) is 0 Å². The molecule has 5 nitrogen and oxygen atoms in total. The third-order valence-electron chi connectivity index (χ3n) is 3.62. The van der Waals surface area contributed by atoms with Crippen LogP contribution in [0.15, 0.2) is 30.3 Å². The summed E-state index contributed by atoms with van der Waals surface area (Å²) in [6.45, 7) is 1.86. The van der Waals surface area contributed by atoms with Crippen molar-refractivity contribution in [1.29, 1.82) is 0 Å². The summed E-state index contributed by atoms with van der Waals surface area (Å²) < 4.78 is 5.28. The first-order valence-corrected chi connectivity index (χ1v) is 6.75. The van der Waals surface area contributed by atoms with Crippen LogP contribution in [0.3, 0.4) is 0 Å². The highest BCUT2D eigenvalue weighted by atomic mass is 16.6. The van der Waals surface area contributed by atoms with Crippen LogP contribution in [0.25, 0.3) is 0 Å². The van der Waals surface area contributed by atoms with Gasteiger partial charge in [-0.2, -0.15) is 0 Å². The number of nitrogens with one attached hydrogen (secondary N) is 1. The maximum Gasteiger partial charge on any atom is 0.408 e. The molecule has 0 aromatic heterocycles. The third kappa shape index (κ3) is 3.73. The van der Waals surface area contributed by atoms with Gasteiger partial charge >= 0.3 is 12.1 Å². The molecule has 1 aromatic rings. The minimum atomic E-state index is -1.07. The summed E-state index contributed by atoms with van der Waals surface area (Å²) in [4.78, 5) is 23.0. The number of aliphatic carboxylic acids is 1. The van der Waals surface area contributed by atoms with Crippen LogP contribution in [-0.4, -0.2) is 28.8 Å². The van der Waals surface area contributed by atoms with Gasteiger partial charge in [-0.15, -0.1) is 0 Å². The summed E-state index contributed by atoms with van der Waals surface area (Å²) in [6, 6.07) is 8.21. The Morgan fingerprint density at radius 3 is 2.50 bits per heavy atom. The third-order valence-corrected chi connectivity index (χ3v) is 3.62. The first-order chi connectivity index (χ1) is 9.48. The van der Waals surface area contributed by atoms with E-state index in [-0.39, 0.29) is 6.42 Å². The van der Waals surface area contributed by atoms with Crippen molar-refractivity contribution in [3.8, 4) is 0 Å². The van der Waals surface area contributed by atoms with E-state index in [2.05, 4.69) is 5.32 Å². The van der Waals surface area contributed by atoms with Gasteiger partial charge in [-0.3, -0.25) is 0 Å². The quantitative estimate of drug-likeness (QED) is 0.866. The summed E-state index contributed by atoms with van der Waals surface area (Å²) in [5.74, 6) is -1.07. The normalized spacial score (nSPS) is 17.6. The van der Waals surface area contributed by atoms with Gasteiger partial charge in [0.1, 0.15) is 11.6 Å². The number of benzene rings is 1. The Labute approximate surface area is 117 Å². The maximum atomic E-state index is 11.8. The summed E-state index contributed by atoms with van der Waals surface area (Å²) in [5, 5.41) is 11.6. The number of carbonyl (C=O) groups excluding carboxylic acids is 1. The Morgan fingerprint density at radius 2 is 2.00 bits per heavy atom. The zero-order valence-corrected chi connectivity index (χ0v) is 11.5. The highest BCUT2D eigenvalue weighted by Crippen LogP contribution is 2.34. The van der Waals surface area contributed by atoms with Gasteiger partial charge in [0.15, 0.2) is 0 Å². The van der Waals surface area contributed by atoms with Gasteiger partial charge in [0.25, 0.3) is 0 Å². The number of carboxylic acids is 1. The van der Waals surface area contributed by atoms with E-state index in [1.165, 1.54) is 0 Å². The summed E-state index contributed by atoms with van der Waals surface area (Å²) in [7, 11) is 0. The van der Waals surface area contributed by atoms with E-state index in [0.29, 0.717) is 0 Å². The number of carboxylic acid groups (broad SMARTS) is 1. The minimum absolute atomic E-state index is 0.238. The molecular weight excluding hydrogens is 258 g/mol. The molecule has 0 spiro atoms. The van der Waals surface area contributed by atoms with Crippen LogP contribution in [0.4, 0.5) is 4.79 Å². The lowest BCUT2D eigenvalue weighted by atomic mass is 9.82. The molecule has 0 heterocycles. The fraction of sp³-hybridized carbons (Fsp3) is 0.467. The number of rotatable bonds is 5. The van der Waals surface area contributed by atoms with Crippen molar-refractivity contribution < 1.29 is 19.4 Å². The van der Waals surface area contributed by atoms with Gasteiger partial charge in [0, 0.05) is 6.42 Å². The fourth-order valence-corrected chi connectivity index (χ4v) is 2.22. The molecule has 1 atom stereocenters. The van der Waals surface area contributed by atoms with Crippen molar-refractivity contribution in [1.82, 2.24) is 5.32 Å². The molecule has 1 aliphatic rings. The van der Waals surface area contributed by atoms with Crippen LogP contribution >= 0.6 is 0 Å². The number of carbonyl (C=O) groups is 2. The second-order valence-corrected chi connectivity index (χ2v) is 5.42. The molecule has 0 bridgehead atoms. The second kappa shape index (κ2) is 5.94. The molecular formula is C15H19NO4. The van der Waals surface area contributed by atoms with Crippen molar-refractivity contribution in [2.45, 2.75) is 44.2 Å². The minimum Gasteiger partial charge on any atom is -0.480 e. The smallest absolute Gasteiger partial charge is 0.408 e. The molecule has 1 fully saturated rings. The fourth-order valence-electron chi connectivity index (χ4n) is 2.22. The topological polar surface area (TPSA) is 75.6 Å². The Bertz CT molecular complexity index is 482. The molecule has 0 aliphatic heterocycles. The monoisotopic (exact) mass is 277 g/mol. The predicted octanol–water partition coefficient (Wildman–Crippen LogP) is 2.35. The summed E-state index contributed by atoms with van der Waals surface area (Å²) in [6.07, 6.45) is 2.28. The van der Waals surface area contributed by atoms with Gasteiger partial charge in [-0.05, 0) is 31.7 Å². The van der Waals surface area contributed by atoms with E-state index in [1.54, 1.807) is 0 Å². The Balaban J connectivity index is 1.92. The molecule has 0 saturated heterocycles. The van der Waals surface area contributed by atoms with Crippen molar-refractivity contribution in [2.24, 2.45) is 0 Å². The van der Waals surface area contributed by atoms with Crippen molar-refractivity contribution in [3.63, 3.8) is 0 Å². The lowest BCUT2D eigenvalue weighted by molar-refractivity contribution is -0.139. The van der Waals surface area contributed by atoms with E-state index in [1.807, 2.05) is 37.3 Å². The molecule has 5 heteroatoms. The summed E-state index contributed by atoms with van der Waals surface area (Å²) in [5.41, 5.74) is 0.426. The van der Waals surface area contributed by atoms with Crippen LogP contribution in [-0.2, 0) is 16.0 Å². The van der Waals surface area contributed by atoms with Crippen molar-refractivity contribution >= 4 is 12.1 Å². The number of hydrogen-bond donors (Lipinski definition) is 2. The summed E-state index contributed by atoms with van der Waals surface area (Å²) >= 11 is 0. The molecule has 108 valence electrons. The molecule has 1 aliphatic carbocycles. The molecule has 0 radical (unpaired) electrons. The van der Waals surface area contributed by atoms with Crippen LogP contribution in [0.2, 0.25) is 0 Å². The number of hydrogen-bond acceptors (Lipinski definition) is 3. The Hall–Kier alpha value is -2.04. The number of amides is 1. The predicted molar refractivity (Wildman–Crippen MR) is 73.4 cm³/mol. The van der Waals surface area contributed by atoms with Crippen LogP contribution in [0, 0.1) is 0 Å². The molecule has 2 rings (SSSR count). The Morgan fingerprint density at radius 1 is 1.35 bits per heavy atom. The van der Waals surface area contributed by atoms with Crippen molar-refractivity contribution in [2.75, 3.05) is 0 Å². The lowest BCUT2D eigenvalue weighted by Gasteiger charge is -2.37. The van der Waals surface area contributed by atoms with Gasteiger partial charge in [-0.25, -0.2) is 9.59 Å². The molecule has 1 amide bonds. The largest absolute Gasteiger partial charge is 0.480 e. The molecule has 1 unspecified atom stereocenters. The second-order valence-electron chi connectivity index (χ2n) is 5.42. The van der Waals surface area contributed by atoms with E-state index in [9.17, 15) is 14.7 Å². The van der Waals surface area contributed by atoms with Gasteiger partial charge in [-0.1, -0.05) is 30.3 Å². The highest BCUT2D eigenvalue weighted by molar-refractivity contribution is 5.80. The van der Waals surface area contributed by atoms with Crippen LogP contribution in [0.5, 0.6) is 0 Å². The average molecular weight is 277 g/mol. The lowest BCUT2D eigenvalue weighted by Crippen LogP contribution is -2.47. The SMILES string of the molecule is CC1(OC(=O)NC(Cc2ccccc2)C(=O)O)CCC1. The first kappa shape index (κ1) is 14.4. The number of ether oxygens (including phenoxy) is 1. The number of alkyl carbamates (subject to hydrolysis) is 1. The Kier molecular flexibility index (Phi) is 4.27. The molecule has 2 N–H and O–H groups in total. The van der Waals surface area contributed by atoms with Crippen LogP contribution < -0.4 is 5.32 Å². The highest BCUT2D eigenvalue weighted by Gasteiger charge is 2.36. The zero-order chi connectivity index (χ0) is 14.6. The van der Waals surface area contributed by atoms with Crippen LogP contribution in [0.1, 0.15) is 31.7 Å². The van der Waals surface area contributed by atoms with E-state index in [0.717, 1.165) is 24.8 Å². The molecule has 1 aromatic carbocycles. The van der Waals surface area contributed by atoms with Gasteiger partial charge < -0.3 is 15.2 Å². The van der Waals surface area contributed by atoms with E-state index >= 15 is 0 Å². The van der Waals surface area contributed by atoms with Crippen molar-refractivity contribution in [3.05, 3.63) is 35.9 Å². The first-order valence-electron chi connectivity index (χ1n) is 6.75. The molecule has 20 heavy (non-hydrogen) atoms. The average Bonchev–Trinajstić information content (AvgIpc) is 2.37. The maximum absolute atomic E-state index is 11.8. The van der Waals surface area contributed by atoms with Gasteiger partial charge in [0.2, 0.25) is 0 Å².